The quantitative estimate of drug-likeness (QED) is 0.199. The van der Waals surface area contributed by atoms with Gasteiger partial charge in [0.1, 0.15) is 33.9 Å². The Morgan fingerprint density at radius 1 is 0.977 bits per heavy atom. The van der Waals surface area contributed by atoms with E-state index in [1.54, 1.807) is 10.9 Å². The highest BCUT2D eigenvalue weighted by molar-refractivity contribution is 7.92. The van der Waals surface area contributed by atoms with Crippen molar-refractivity contribution < 1.29 is 26.3 Å². The number of nitrogens with zero attached hydrogens (tertiary/aromatic N) is 3. The van der Waals surface area contributed by atoms with E-state index in [1.165, 1.54) is 12.1 Å². The Kier molecular flexibility index (Phi) is 7.22. The van der Waals surface area contributed by atoms with Crippen LogP contribution < -0.4 is 15.8 Å². The van der Waals surface area contributed by atoms with Gasteiger partial charge in [-0.1, -0.05) is 24.3 Å². The minimum Gasteiger partial charge on any atom is -0.383 e. The maximum Gasteiger partial charge on any atom is 0.264 e. The van der Waals surface area contributed by atoms with E-state index in [4.69, 9.17) is 10.5 Å². The van der Waals surface area contributed by atoms with E-state index in [9.17, 15) is 12.8 Å². The van der Waals surface area contributed by atoms with E-state index in [1.807, 2.05) is 42.8 Å². The van der Waals surface area contributed by atoms with Crippen LogP contribution in [-0.4, -0.2) is 42.4 Å². The third kappa shape index (κ3) is 5.25. The number of ether oxygens (including phenoxy) is 1. The van der Waals surface area contributed by atoms with Crippen molar-refractivity contribution in [3.05, 3.63) is 84.3 Å². The minimum absolute atomic E-state index is 0.0405. The van der Waals surface area contributed by atoms with Crippen LogP contribution in [0.1, 0.15) is 19.9 Å². The van der Waals surface area contributed by atoms with Crippen LogP contribution in [0.3, 0.4) is 0 Å². The van der Waals surface area contributed by atoms with Gasteiger partial charge in [0.15, 0.2) is 0 Å². The summed E-state index contributed by atoms with van der Waals surface area (Å²) in [6.45, 7) is 5.08. The summed E-state index contributed by atoms with van der Waals surface area (Å²) in [4.78, 5) is 3.64. The number of aromatic nitrogens is 3. The van der Waals surface area contributed by atoms with E-state index >= 15 is 8.78 Å². The standard InChI is InChI=1S/C30H27F3N6O3S/c1-16(2)39-29-21(17-7-9-18(10-8-17)36-19-14-42-15-19)13-35-30(34)27(29)28(37-39)20-11-24(33)25(12-23(20)32)38-43(40,41)26-6-4-3-5-22(26)31/h3-13,16,19,36,38H,14-15H2,1-2H3,(H2,34,35). The molecule has 13 heteroatoms. The number of pyridine rings is 1. The molecule has 3 heterocycles. The largest absolute Gasteiger partial charge is 0.383 e. The molecule has 0 spiro atoms. The second kappa shape index (κ2) is 10.9. The predicted molar refractivity (Wildman–Crippen MR) is 159 cm³/mol. The molecule has 0 saturated carbocycles. The fourth-order valence-corrected chi connectivity index (χ4v) is 6.08. The van der Waals surface area contributed by atoms with Gasteiger partial charge in [-0.05, 0) is 49.7 Å². The molecule has 1 fully saturated rings. The molecular formula is C30H27F3N6O3S. The summed E-state index contributed by atoms with van der Waals surface area (Å²) in [5, 5.41) is 8.32. The van der Waals surface area contributed by atoms with E-state index in [0.29, 0.717) is 35.7 Å². The van der Waals surface area contributed by atoms with Crippen LogP contribution in [0, 0.1) is 17.5 Å². The summed E-state index contributed by atoms with van der Waals surface area (Å²) < 4.78 is 79.4. The molecular weight excluding hydrogens is 581 g/mol. The number of hydrogen-bond acceptors (Lipinski definition) is 7. The van der Waals surface area contributed by atoms with Crippen molar-refractivity contribution in [3.8, 4) is 22.4 Å². The molecule has 3 aromatic carbocycles. The first-order valence-electron chi connectivity index (χ1n) is 13.4. The molecule has 4 N–H and O–H groups in total. The third-order valence-corrected chi connectivity index (χ3v) is 8.53. The Morgan fingerprint density at radius 2 is 1.70 bits per heavy atom. The average molecular weight is 609 g/mol. The number of nitrogens with two attached hydrogens (primary N) is 1. The zero-order chi connectivity index (χ0) is 30.5. The van der Waals surface area contributed by atoms with Crippen molar-refractivity contribution >= 4 is 38.1 Å². The van der Waals surface area contributed by atoms with Gasteiger partial charge in [0.2, 0.25) is 0 Å². The number of rotatable bonds is 8. The van der Waals surface area contributed by atoms with Crippen molar-refractivity contribution in [3.63, 3.8) is 0 Å². The summed E-state index contributed by atoms with van der Waals surface area (Å²) in [6, 6.07) is 13.9. The lowest BCUT2D eigenvalue weighted by Gasteiger charge is -2.27. The average Bonchev–Trinajstić information content (AvgIpc) is 3.35. The maximum atomic E-state index is 15.6. The summed E-state index contributed by atoms with van der Waals surface area (Å²) in [5.74, 6) is -3.03. The van der Waals surface area contributed by atoms with Gasteiger partial charge in [-0.3, -0.25) is 9.40 Å². The van der Waals surface area contributed by atoms with Crippen LogP contribution in [-0.2, 0) is 14.8 Å². The number of hydrogen-bond donors (Lipinski definition) is 3. The van der Waals surface area contributed by atoms with Gasteiger partial charge in [-0.2, -0.15) is 5.10 Å². The number of nitrogens with one attached hydrogen (secondary N) is 2. The number of sulfonamides is 1. The topological polar surface area (TPSA) is 124 Å². The van der Waals surface area contributed by atoms with Crippen LogP contribution in [0.5, 0.6) is 0 Å². The van der Waals surface area contributed by atoms with E-state index in [-0.39, 0.29) is 29.2 Å². The van der Waals surface area contributed by atoms with Crippen molar-refractivity contribution in [1.82, 2.24) is 14.8 Å². The highest BCUT2D eigenvalue weighted by Gasteiger charge is 2.26. The molecule has 6 rings (SSSR count). The molecule has 1 aliphatic heterocycles. The van der Waals surface area contributed by atoms with Gasteiger partial charge >= 0.3 is 0 Å². The van der Waals surface area contributed by atoms with Gasteiger partial charge in [0, 0.05) is 35.1 Å². The molecule has 5 aromatic rings. The van der Waals surface area contributed by atoms with Gasteiger partial charge in [-0.25, -0.2) is 26.6 Å². The Balaban J connectivity index is 1.43. The molecule has 0 aliphatic carbocycles. The van der Waals surface area contributed by atoms with Crippen LogP contribution in [0.4, 0.5) is 30.4 Å². The Labute approximate surface area is 245 Å². The third-order valence-electron chi connectivity index (χ3n) is 7.13. The van der Waals surface area contributed by atoms with Gasteiger partial charge in [0.25, 0.3) is 10.0 Å². The molecule has 0 unspecified atom stereocenters. The first-order valence-corrected chi connectivity index (χ1v) is 14.9. The van der Waals surface area contributed by atoms with E-state index in [0.717, 1.165) is 29.4 Å². The summed E-state index contributed by atoms with van der Waals surface area (Å²) in [7, 11) is -4.55. The van der Waals surface area contributed by atoms with Crippen LogP contribution in [0.25, 0.3) is 33.3 Å². The molecule has 0 atom stereocenters. The predicted octanol–water partition coefficient (Wildman–Crippen LogP) is 5.96. The van der Waals surface area contributed by atoms with E-state index in [2.05, 4.69) is 15.4 Å². The second-order valence-electron chi connectivity index (χ2n) is 10.5. The van der Waals surface area contributed by atoms with Gasteiger partial charge < -0.3 is 15.8 Å². The second-order valence-corrected chi connectivity index (χ2v) is 12.1. The molecule has 43 heavy (non-hydrogen) atoms. The SMILES string of the molecule is CC(C)n1nc(-c2cc(F)c(NS(=O)(=O)c3ccccc3F)cc2F)c2c(N)ncc(-c3ccc(NC4COC4)cc3)c21. The normalized spacial score (nSPS) is 13.8. The molecule has 1 aliphatic rings. The van der Waals surface area contributed by atoms with Crippen molar-refractivity contribution in [1.29, 1.82) is 0 Å². The number of benzene rings is 3. The van der Waals surface area contributed by atoms with Crippen LogP contribution in [0.2, 0.25) is 0 Å². The smallest absolute Gasteiger partial charge is 0.264 e. The molecule has 9 nitrogen and oxygen atoms in total. The lowest BCUT2D eigenvalue weighted by atomic mass is 10.0. The minimum atomic E-state index is -4.55. The van der Waals surface area contributed by atoms with Gasteiger partial charge in [0.05, 0.1) is 35.8 Å². The number of anilines is 3. The summed E-state index contributed by atoms with van der Waals surface area (Å²) in [5.41, 5.74) is 8.41. The molecule has 1 saturated heterocycles. The zero-order valence-corrected chi connectivity index (χ0v) is 23.9. The fraction of sp³-hybridized carbons (Fsp3) is 0.200. The highest BCUT2D eigenvalue weighted by Crippen LogP contribution is 2.40. The molecule has 2 aromatic heterocycles. The Morgan fingerprint density at radius 3 is 2.35 bits per heavy atom. The van der Waals surface area contributed by atoms with Gasteiger partial charge in [-0.15, -0.1) is 0 Å². The molecule has 0 radical (unpaired) electrons. The van der Waals surface area contributed by atoms with Crippen molar-refractivity contribution in [2.24, 2.45) is 0 Å². The number of nitrogen functional groups attached to an aromatic ring is 1. The Bertz CT molecular complexity index is 1960. The molecule has 222 valence electrons. The molecule has 0 bridgehead atoms. The van der Waals surface area contributed by atoms with Crippen LogP contribution in [0.15, 0.2) is 71.8 Å². The highest BCUT2D eigenvalue weighted by atomic mass is 32.2. The zero-order valence-electron chi connectivity index (χ0n) is 23.1. The monoisotopic (exact) mass is 608 g/mol. The van der Waals surface area contributed by atoms with Crippen LogP contribution >= 0.6 is 0 Å². The lowest BCUT2D eigenvalue weighted by molar-refractivity contribution is 0.0211. The van der Waals surface area contributed by atoms with Crippen molar-refractivity contribution in [2.75, 3.05) is 29.0 Å². The number of fused-ring (bicyclic) bond motifs is 1. The lowest BCUT2D eigenvalue weighted by Crippen LogP contribution is -2.40. The maximum absolute atomic E-state index is 15.6. The molecule has 0 amide bonds. The van der Waals surface area contributed by atoms with Crippen molar-refractivity contribution in [2.45, 2.75) is 30.8 Å². The summed E-state index contributed by atoms with van der Waals surface area (Å²) in [6.07, 6.45) is 1.61. The number of halogens is 3. The fourth-order valence-electron chi connectivity index (χ4n) is 4.94. The first kappa shape index (κ1) is 28.5. The van der Waals surface area contributed by atoms with E-state index < -0.39 is 38.1 Å². The summed E-state index contributed by atoms with van der Waals surface area (Å²) >= 11 is 0. The first-order chi connectivity index (χ1) is 20.5. The Hall–Kier alpha value is -4.62.